The molecule has 0 unspecified atom stereocenters. The first-order chi connectivity index (χ1) is 7.47. The van der Waals surface area contributed by atoms with Gasteiger partial charge in [-0.3, -0.25) is 4.98 Å². The van der Waals surface area contributed by atoms with Crippen molar-refractivity contribution in [3.05, 3.63) is 36.4 Å². The maximum atomic E-state index is 12.3. The molecule has 0 atom stereocenters. The molecule has 2 rings (SSSR count). The Hall–Kier alpha value is -2.05. The number of hydrogen-bond acceptors (Lipinski definition) is 3. The topological polar surface area (TPSA) is 56.7 Å². The smallest absolute Gasteiger partial charge is 0.397 e. The Morgan fingerprint density at radius 1 is 1.25 bits per heavy atom. The average molecular weight is 228 g/mol. The Morgan fingerprint density at radius 2 is 2.00 bits per heavy atom. The van der Waals surface area contributed by atoms with Crippen LogP contribution in [0.25, 0.3) is 5.69 Å². The molecule has 0 aliphatic carbocycles. The molecule has 4 nitrogen and oxygen atoms in total. The maximum absolute atomic E-state index is 12.3. The molecule has 0 bridgehead atoms. The number of pyridine rings is 1. The summed E-state index contributed by atoms with van der Waals surface area (Å²) in [4.78, 5) is 3.76. The summed E-state index contributed by atoms with van der Waals surface area (Å²) in [5, 5.41) is 3.39. The van der Waals surface area contributed by atoms with E-state index in [9.17, 15) is 13.2 Å². The fraction of sp³-hybridized carbons (Fsp3) is 0.111. The minimum Gasteiger partial charge on any atom is -0.397 e. The lowest BCUT2D eigenvalue weighted by molar-refractivity contribution is -0.141. The third-order valence-electron chi connectivity index (χ3n) is 1.89. The van der Waals surface area contributed by atoms with Crippen LogP contribution in [0.15, 0.2) is 30.7 Å². The van der Waals surface area contributed by atoms with Crippen LogP contribution in [-0.4, -0.2) is 14.8 Å². The minimum absolute atomic E-state index is 0.363. The quantitative estimate of drug-likeness (QED) is 0.810. The van der Waals surface area contributed by atoms with Crippen molar-refractivity contribution in [2.24, 2.45) is 0 Å². The highest BCUT2D eigenvalue weighted by atomic mass is 19.4. The second-order valence-electron chi connectivity index (χ2n) is 3.12. The molecular formula is C9H7F3N4. The van der Waals surface area contributed by atoms with Crippen LogP contribution in [-0.2, 0) is 6.18 Å². The summed E-state index contributed by atoms with van der Waals surface area (Å²) < 4.78 is 37.9. The predicted molar refractivity (Wildman–Crippen MR) is 50.8 cm³/mol. The summed E-state index contributed by atoms with van der Waals surface area (Å²) >= 11 is 0. The largest absolute Gasteiger partial charge is 0.435 e. The highest BCUT2D eigenvalue weighted by molar-refractivity contribution is 5.43. The van der Waals surface area contributed by atoms with Gasteiger partial charge in [0.05, 0.1) is 17.6 Å². The van der Waals surface area contributed by atoms with E-state index in [1.165, 1.54) is 24.7 Å². The Bertz CT molecular complexity index is 503. The summed E-state index contributed by atoms with van der Waals surface area (Å²) in [6.07, 6.45) is -0.459. The van der Waals surface area contributed by atoms with Crippen LogP contribution in [0.3, 0.4) is 0 Å². The maximum Gasteiger partial charge on any atom is 0.435 e. The van der Waals surface area contributed by atoms with Crippen LogP contribution in [0, 0.1) is 0 Å². The van der Waals surface area contributed by atoms with Gasteiger partial charge < -0.3 is 5.73 Å². The molecule has 0 radical (unpaired) electrons. The molecule has 7 heteroatoms. The van der Waals surface area contributed by atoms with Crippen molar-refractivity contribution in [2.45, 2.75) is 6.18 Å². The molecule has 0 aliphatic rings. The molecule has 0 fully saturated rings. The molecule has 2 aromatic heterocycles. The molecule has 0 saturated carbocycles. The molecule has 84 valence electrons. The number of halogens is 3. The van der Waals surface area contributed by atoms with Crippen molar-refractivity contribution in [3.63, 3.8) is 0 Å². The van der Waals surface area contributed by atoms with Crippen LogP contribution in [0.5, 0.6) is 0 Å². The Labute approximate surface area is 88.5 Å². The highest BCUT2D eigenvalue weighted by Crippen LogP contribution is 2.27. The van der Waals surface area contributed by atoms with Gasteiger partial charge in [-0.05, 0) is 12.1 Å². The number of anilines is 1. The second kappa shape index (κ2) is 3.51. The van der Waals surface area contributed by atoms with Crippen LogP contribution in [0.4, 0.5) is 18.9 Å². The lowest BCUT2D eigenvalue weighted by Crippen LogP contribution is -2.07. The summed E-state index contributed by atoms with van der Waals surface area (Å²) in [6, 6.07) is 2.38. The number of nitrogens with two attached hydrogens (primary N) is 1. The zero-order chi connectivity index (χ0) is 11.8. The number of hydrogen-bond donors (Lipinski definition) is 1. The van der Waals surface area contributed by atoms with Gasteiger partial charge in [0.1, 0.15) is 0 Å². The van der Waals surface area contributed by atoms with Gasteiger partial charge in [-0.1, -0.05) is 0 Å². The number of nitrogen functional groups attached to an aromatic ring is 1. The van der Waals surface area contributed by atoms with Crippen LogP contribution in [0.2, 0.25) is 0 Å². The SMILES string of the molecule is Nc1cncc(-n2ccc(C(F)(F)F)n2)c1. The monoisotopic (exact) mass is 228 g/mol. The van der Waals surface area contributed by atoms with E-state index in [-0.39, 0.29) is 0 Å². The van der Waals surface area contributed by atoms with Crippen molar-refractivity contribution < 1.29 is 13.2 Å². The molecule has 0 aromatic carbocycles. The van der Waals surface area contributed by atoms with Crippen molar-refractivity contribution in [1.29, 1.82) is 0 Å². The van der Waals surface area contributed by atoms with Crippen molar-refractivity contribution in [1.82, 2.24) is 14.8 Å². The van der Waals surface area contributed by atoms with Crippen molar-refractivity contribution in [3.8, 4) is 5.69 Å². The fourth-order valence-electron chi connectivity index (χ4n) is 1.19. The van der Waals surface area contributed by atoms with E-state index >= 15 is 0 Å². The van der Waals surface area contributed by atoms with Crippen LogP contribution < -0.4 is 5.73 Å². The molecule has 0 aliphatic heterocycles. The minimum atomic E-state index is -4.45. The van der Waals surface area contributed by atoms with Gasteiger partial charge in [-0.15, -0.1) is 0 Å². The van der Waals surface area contributed by atoms with Crippen molar-refractivity contribution >= 4 is 5.69 Å². The van der Waals surface area contributed by atoms with Crippen molar-refractivity contribution in [2.75, 3.05) is 5.73 Å². The van der Waals surface area contributed by atoms with E-state index in [0.717, 1.165) is 10.7 Å². The molecule has 2 aromatic rings. The predicted octanol–water partition coefficient (Wildman–Crippen LogP) is 1.87. The third kappa shape index (κ3) is 1.97. The van der Waals surface area contributed by atoms with E-state index in [0.29, 0.717) is 11.4 Å². The fourth-order valence-corrected chi connectivity index (χ4v) is 1.19. The zero-order valence-corrected chi connectivity index (χ0v) is 7.94. The Morgan fingerprint density at radius 3 is 2.56 bits per heavy atom. The standard InChI is InChI=1S/C9H7F3N4/c10-9(11,12)8-1-2-16(15-8)7-3-6(13)4-14-5-7/h1-5H,13H2. The number of aromatic nitrogens is 3. The number of rotatable bonds is 1. The molecule has 16 heavy (non-hydrogen) atoms. The van der Waals surface area contributed by atoms with E-state index < -0.39 is 11.9 Å². The second-order valence-corrected chi connectivity index (χ2v) is 3.12. The summed E-state index contributed by atoms with van der Waals surface area (Å²) in [7, 11) is 0. The first-order valence-electron chi connectivity index (χ1n) is 4.30. The van der Waals surface area contributed by atoms with Gasteiger partial charge in [0.2, 0.25) is 0 Å². The average Bonchev–Trinajstić information content (AvgIpc) is 2.65. The normalized spacial score (nSPS) is 11.7. The lowest BCUT2D eigenvalue weighted by atomic mass is 10.4. The molecule has 2 N–H and O–H groups in total. The van der Waals surface area contributed by atoms with Gasteiger partial charge in [-0.25, -0.2) is 4.68 Å². The first kappa shape index (κ1) is 10.5. The van der Waals surface area contributed by atoms with E-state index in [1.807, 2.05) is 0 Å². The van der Waals surface area contributed by atoms with Gasteiger partial charge >= 0.3 is 6.18 Å². The molecule has 0 spiro atoms. The van der Waals surface area contributed by atoms with Gasteiger partial charge in [0.25, 0.3) is 0 Å². The molecule has 0 saturated heterocycles. The molecular weight excluding hydrogens is 221 g/mol. The molecule has 2 heterocycles. The van der Waals surface area contributed by atoms with E-state index in [4.69, 9.17) is 5.73 Å². The highest BCUT2D eigenvalue weighted by Gasteiger charge is 2.33. The van der Waals surface area contributed by atoms with Crippen LogP contribution in [0.1, 0.15) is 5.69 Å². The lowest BCUT2D eigenvalue weighted by Gasteiger charge is -2.03. The zero-order valence-electron chi connectivity index (χ0n) is 7.94. The van der Waals surface area contributed by atoms with E-state index in [2.05, 4.69) is 10.1 Å². The summed E-state index contributed by atoms with van der Waals surface area (Å²) in [5.41, 5.74) is 5.26. The summed E-state index contributed by atoms with van der Waals surface area (Å²) in [6.45, 7) is 0. The van der Waals surface area contributed by atoms with Gasteiger partial charge in [0, 0.05) is 12.4 Å². The summed E-state index contributed by atoms with van der Waals surface area (Å²) in [5.74, 6) is 0. The van der Waals surface area contributed by atoms with Gasteiger partial charge in [-0.2, -0.15) is 18.3 Å². The van der Waals surface area contributed by atoms with Crippen LogP contribution >= 0.6 is 0 Å². The number of nitrogens with zero attached hydrogens (tertiary/aromatic N) is 3. The third-order valence-corrected chi connectivity index (χ3v) is 1.89. The Balaban J connectivity index is 2.39. The van der Waals surface area contributed by atoms with Gasteiger partial charge in [0.15, 0.2) is 5.69 Å². The molecule has 0 amide bonds. The first-order valence-corrected chi connectivity index (χ1v) is 4.30. The Kier molecular flexibility index (Phi) is 2.30. The van der Waals surface area contributed by atoms with E-state index in [1.54, 1.807) is 0 Å². The number of alkyl halides is 3.